The summed E-state index contributed by atoms with van der Waals surface area (Å²) in [4.78, 5) is 13.2. The van der Waals surface area contributed by atoms with Crippen LogP contribution in [0.25, 0.3) is 0 Å². The molecule has 0 aliphatic carbocycles. The Morgan fingerprint density at radius 1 is 1.47 bits per heavy atom. The van der Waals surface area contributed by atoms with E-state index in [9.17, 15) is 4.79 Å². The molecule has 1 aromatic rings. The van der Waals surface area contributed by atoms with Crippen LogP contribution in [0.15, 0.2) is 29.2 Å². The Morgan fingerprint density at radius 2 is 2.12 bits per heavy atom. The molecule has 0 saturated heterocycles. The molecule has 0 aliphatic heterocycles. The molecule has 94 valence electrons. The molecule has 5 heteroatoms. The van der Waals surface area contributed by atoms with Crippen molar-refractivity contribution >= 4 is 35.3 Å². The van der Waals surface area contributed by atoms with Gasteiger partial charge in [-0.3, -0.25) is 4.90 Å². The topological polar surface area (TPSA) is 40.5 Å². The number of hydrogen-bond donors (Lipinski definition) is 1. The highest BCUT2D eigenvalue weighted by Gasteiger charge is 2.14. The Kier molecular flexibility index (Phi) is 5.71. The number of amides is 1. The van der Waals surface area contributed by atoms with E-state index in [1.54, 1.807) is 30.6 Å². The standard InChI is InChI=1S/C12H17NO2S2/c1-9(8-16-3)17-11-7-5-4-6-10(11)13(2)12(14)15/h4-7,9H,8H2,1-3H3,(H,14,15). The van der Waals surface area contributed by atoms with Crippen LogP contribution in [0.2, 0.25) is 0 Å². The van der Waals surface area contributed by atoms with Crippen molar-refractivity contribution in [3.05, 3.63) is 24.3 Å². The van der Waals surface area contributed by atoms with Crippen LogP contribution in [-0.4, -0.2) is 35.5 Å². The zero-order valence-corrected chi connectivity index (χ0v) is 11.8. The molecule has 0 radical (unpaired) electrons. The van der Waals surface area contributed by atoms with Gasteiger partial charge in [0.1, 0.15) is 0 Å². The second-order valence-electron chi connectivity index (χ2n) is 3.69. The molecule has 0 spiro atoms. The first-order valence-corrected chi connectivity index (χ1v) is 7.55. The van der Waals surface area contributed by atoms with Crippen LogP contribution < -0.4 is 4.90 Å². The first-order chi connectivity index (χ1) is 8.06. The molecule has 1 N–H and O–H groups in total. The van der Waals surface area contributed by atoms with Crippen molar-refractivity contribution in [2.24, 2.45) is 0 Å². The van der Waals surface area contributed by atoms with Crippen LogP contribution in [0.1, 0.15) is 6.92 Å². The maximum absolute atomic E-state index is 11.0. The van der Waals surface area contributed by atoms with Gasteiger partial charge in [0.15, 0.2) is 0 Å². The van der Waals surface area contributed by atoms with Gasteiger partial charge in [-0.05, 0) is 18.4 Å². The third-order valence-corrected chi connectivity index (χ3v) is 4.46. The molecule has 0 bridgehead atoms. The number of carbonyl (C=O) groups is 1. The fourth-order valence-corrected chi connectivity index (χ4v) is 3.49. The highest BCUT2D eigenvalue weighted by molar-refractivity contribution is 8.03. The van der Waals surface area contributed by atoms with Gasteiger partial charge in [0.25, 0.3) is 0 Å². The lowest BCUT2D eigenvalue weighted by atomic mass is 10.3. The zero-order chi connectivity index (χ0) is 12.8. The normalized spacial score (nSPS) is 12.2. The number of carboxylic acid groups (broad SMARTS) is 1. The van der Waals surface area contributed by atoms with Crippen molar-refractivity contribution in [1.82, 2.24) is 0 Å². The summed E-state index contributed by atoms with van der Waals surface area (Å²) in [6.45, 7) is 2.15. The van der Waals surface area contributed by atoms with Gasteiger partial charge in [-0.15, -0.1) is 11.8 Å². The molecular weight excluding hydrogens is 254 g/mol. The highest BCUT2D eigenvalue weighted by Crippen LogP contribution is 2.33. The quantitative estimate of drug-likeness (QED) is 0.830. The molecule has 0 aliphatic rings. The Morgan fingerprint density at radius 3 is 2.71 bits per heavy atom. The van der Waals surface area contributed by atoms with E-state index in [2.05, 4.69) is 13.2 Å². The first kappa shape index (κ1) is 14.3. The van der Waals surface area contributed by atoms with Gasteiger partial charge in [0.2, 0.25) is 0 Å². The molecule has 1 aromatic carbocycles. The lowest BCUT2D eigenvalue weighted by Gasteiger charge is -2.19. The van der Waals surface area contributed by atoms with Crippen molar-refractivity contribution in [3.8, 4) is 0 Å². The minimum absolute atomic E-state index is 0.466. The lowest BCUT2D eigenvalue weighted by Crippen LogP contribution is -2.24. The molecular formula is C12H17NO2S2. The van der Waals surface area contributed by atoms with Gasteiger partial charge in [-0.1, -0.05) is 19.1 Å². The highest BCUT2D eigenvalue weighted by atomic mass is 32.2. The molecule has 1 atom stereocenters. The summed E-state index contributed by atoms with van der Waals surface area (Å²) >= 11 is 3.51. The van der Waals surface area contributed by atoms with E-state index in [1.165, 1.54) is 4.90 Å². The summed E-state index contributed by atoms with van der Waals surface area (Å²) in [5, 5.41) is 9.48. The molecule has 1 amide bonds. The Bertz CT molecular complexity index is 385. The lowest BCUT2D eigenvalue weighted by molar-refractivity contribution is 0.203. The van der Waals surface area contributed by atoms with Crippen LogP contribution in [0.3, 0.4) is 0 Å². The minimum Gasteiger partial charge on any atom is -0.465 e. The molecule has 0 fully saturated rings. The monoisotopic (exact) mass is 271 g/mol. The van der Waals surface area contributed by atoms with Gasteiger partial charge in [0.05, 0.1) is 5.69 Å². The number of benzene rings is 1. The van der Waals surface area contributed by atoms with E-state index in [0.717, 1.165) is 16.3 Å². The number of nitrogens with zero attached hydrogens (tertiary/aromatic N) is 1. The predicted octanol–water partition coefficient (Wildman–Crippen LogP) is 3.64. The summed E-state index contributed by atoms with van der Waals surface area (Å²) in [5.74, 6) is 1.05. The van der Waals surface area contributed by atoms with Gasteiger partial charge in [-0.2, -0.15) is 11.8 Å². The van der Waals surface area contributed by atoms with Crippen molar-refractivity contribution < 1.29 is 9.90 Å². The van der Waals surface area contributed by atoms with Crippen LogP contribution in [0, 0.1) is 0 Å². The molecule has 0 saturated carbocycles. The van der Waals surface area contributed by atoms with Crippen LogP contribution in [0.4, 0.5) is 10.5 Å². The number of rotatable bonds is 5. The summed E-state index contributed by atoms with van der Waals surface area (Å²) in [5.41, 5.74) is 0.748. The van der Waals surface area contributed by atoms with Crippen LogP contribution >= 0.6 is 23.5 Å². The fraction of sp³-hybridized carbons (Fsp3) is 0.417. The molecule has 3 nitrogen and oxygen atoms in total. The fourth-order valence-electron chi connectivity index (χ4n) is 1.42. The van der Waals surface area contributed by atoms with Gasteiger partial charge >= 0.3 is 6.09 Å². The number of anilines is 1. The van der Waals surface area contributed by atoms with Crippen molar-refractivity contribution in [3.63, 3.8) is 0 Å². The minimum atomic E-state index is -0.935. The van der Waals surface area contributed by atoms with E-state index in [0.29, 0.717) is 5.25 Å². The second kappa shape index (κ2) is 6.81. The zero-order valence-electron chi connectivity index (χ0n) is 10.2. The summed E-state index contributed by atoms with van der Waals surface area (Å²) in [6, 6.07) is 7.60. The van der Waals surface area contributed by atoms with Crippen LogP contribution in [-0.2, 0) is 0 Å². The third kappa shape index (κ3) is 4.16. The van der Waals surface area contributed by atoms with E-state index in [-0.39, 0.29) is 0 Å². The van der Waals surface area contributed by atoms with E-state index >= 15 is 0 Å². The smallest absolute Gasteiger partial charge is 0.411 e. The molecule has 1 rings (SSSR count). The summed E-state index contributed by atoms with van der Waals surface area (Å²) < 4.78 is 0. The first-order valence-electron chi connectivity index (χ1n) is 5.27. The van der Waals surface area contributed by atoms with Gasteiger partial charge < -0.3 is 5.11 Å². The second-order valence-corrected chi connectivity index (χ2v) is 6.08. The van der Waals surface area contributed by atoms with E-state index < -0.39 is 6.09 Å². The van der Waals surface area contributed by atoms with Gasteiger partial charge in [-0.25, -0.2) is 4.79 Å². The largest absolute Gasteiger partial charge is 0.465 e. The molecule has 17 heavy (non-hydrogen) atoms. The maximum Gasteiger partial charge on any atom is 0.411 e. The Hall–Kier alpha value is -0.810. The number of para-hydroxylation sites is 1. The molecule has 1 unspecified atom stereocenters. The van der Waals surface area contributed by atoms with Crippen LogP contribution in [0.5, 0.6) is 0 Å². The Balaban J connectivity index is 2.88. The number of thioether (sulfide) groups is 2. The SMILES string of the molecule is CSCC(C)Sc1ccccc1N(C)C(=O)O. The third-order valence-electron chi connectivity index (χ3n) is 2.24. The Labute approximate surface area is 111 Å². The number of hydrogen-bond acceptors (Lipinski definition) is 3. The maximum atomic E-state index is 11.0. The average molecular weight is 271 g/mol. The average Bonchev–Trinajstić information content (AvgIpc) is 2.29. The van der Waals surface area contributed by atoms with Crippen molar-refractivity contribution in [2.75, 3.05) is 24.0 Å². The summed E-state index contributed by atoms with van der Waals surface area (Å²) in [7, 11) is 1.57. The van der Waals surface area contributed by atoms with Crippen molar-refractivity contribution in [2.45, 2.75) is 17.1 Å². The van der Waals surface area contributed by atoms with Gasteiger partial charge in [0, 0.05) is 22.9 Å². The van der Waals surface area contributed by atoms with E-state index in [4.69, 9.17) is 5.11 Å². The molecule has 0 aromatic heterocycles. The predicted molar refractivity (Wildman–Crippen MR) is 76.6 cm³/mol. The molecule has 0 heterocycles. The van der Waals surface area contributed by atoms with E-state index in [1.807, 2.05) is 24.3 Å². The summed E-state index contributed by atoms with van der Waals surface area (Å²) in [6.07, 6.45) is 1.14. The van der Waals surface area contributed by atoms with Crippen molar-refractivity contribution in [1.29, 1.82) is 0 Å².